The Kier molecular flexibility index (Phi) is 2.19. The maximum absolute atomic E-state index is 11.5. The second-order valence-corrected chi connectivity index (χ2v) is 3.58. The van der Waals surface area contributed by atoms with Crippen LogP contribution in [0.3, 0.4) is 0 Å². The van der Waals surface area contributed by atoms with Crippen LogP contribution in [0.15, 0.2) is 16.7 Å². The molecule has 1 aromatic heterocycles. The molecule has 1 radical (unpaired) electrons. The van der Waals surface area contributed by atoms with Crippen molar-refractivity contribution in [1.29, 1.82) is 0 Å². The molecule has 0 aliphatic heterocycles. The number of aryl methyl sites for hydroxylation is 3. The number of rotatable bonds is 1. The van der Waals surface area contributed by atoms with Crippen LogP contribution in [0.5, 0.6) is 5.75 Å². The van der Waals surface area contributed by atoms with E-state index in [2.05, 4.69) is 10.1 Å². The summed E-state index contributed by atoms with van der Waals surface area (Å²) in [6.45, 7) is 5.30. The van der Waals surface area contributed by atoms with Crippen molar-refractivity contribution in [3.8, 4) is 17.1 Å². The van der Waals surface area contributed by atoms with Gasteiger partial charge in [-0.25, -0.2) is 0 Å². The Balaban J connectivity index is 2.55. The van der Waals surface area contributed by atoms with Crippen molar-refractivity contribution in [2.45, 2.75) is 20.8 Å². The molecule has 0 amide bonds. The molecule has 4 heteroatoms. The van der Waals surface area contributed by atoms with Gasteiger partial charge in [0.05, 0.1) is 0 Å². The molecule has 0 unspecified atom stereocenters. The fraction of sp³-hybridized carbons (Fsp3) is 0.273. The quantitative estimate of drug-likeness (QED) is 0.716. The van der Waals surface area contributed by atoms with Crippen LogP contribution in [0, 0.1) is 20.8 Å². The van der Waals surface area contributed by atoms with Gasteiger partial charge in [-0.2, -0.15) is 4.98 Å². The first-order valence-electron chi connectivity index (χ1n) is 4.67. The summed E-state index contributed by atoms with van der Waals surface area (Å²) in [6.07, 6.45) is 0. The molecular weight excluding hydrogens is 192 g/mol. The van der Waals surface area contributed by atoms with E-state index in [0.717, 1.165) is 5.56 Å². The molecular formula is C11H11N2O2. The first kappa shape index (κ1) is 9.71. The maximum atomic E-state index is 11.5. The van der Waals surface area contributed by atoms with Gasteiger partial charge in [-0.15, -0.1) is 0 Å². The molecule has 0 saturated carbocycles. The van der Waals surface area contributed by atoms with Crippen LogP contribution >= 0.6 is 0 Å². The molecule has 0 aliphatic rings. The summed E-state index contributed by atoms with van der Waals surface area (Å²) in [5.74, 6) is 1.11. The molecule has 0 atom stereocenters. The Morgan fingerprint density at radius 2 is 1.73 bits per heavy atom. The second kappa shape index (κ2) is 3.38. The molecule has 0 N–H and O–H groups in total. The summed E-state index contributed by atoms with van der Waals surface area (Å²) in [7, 11) is 0. The van der Waals surface area contributed by atoms with Crippen LogP contribution in [-0.4, -0.2) is 10.1 Å². The Morgan fingerprint density at radius 1 is 1.13 bits per heavy atom. The number of nitrogens with zero attached hydrogens (tertiary/aromatic N) is 2. The van der Waals surface area contributed by atoms with Crippen molar-refractivity contribution in [3.63, 3.8) is 0 Å². The molecule has 0 spiro atoms. The average Bonchev–Trinajstić information content (AvgIpc) is 2.60. The molecule has 4 nitrogen and oxygen atoms in total. The summed E-state index contributed by atoms with van der Waals surface area (Å²) in [5, 5.41) is 15.3. The van der Waals surface area contributed by atoms with Crippen LogP contribution in [0.25, 0.3) is 11.4 Å². The van der Waals surface area contributed by atoms with Crippen molar-refractivity contribution in [1.82, 2.24) is 10.1 Å². The number of aromatic nitrogens is 2. The number of benzene rings is 1. The van der Waals surface area contributed by atoms with Gasteiger partial charge in [0, 0.05) is 12.5 Å². The lowest BCUT2D eigenvalue weighted by molar-refractivity contribution is 0.348. The van der Waals surface area contributed by atoms with Gasteiger partial charge >= 0.3 is 0 Å². The minimum atomic E-state index is 0.0685. The van der Waals surface area contributed by atoms with Crippen molar-refractivity contribution >= 4 is 0 Å². The Bertz CT molecular complexity index is 480. The molecule has 2 rings (SSSR count). The second-order valence-electron chi connectivity index (χ2n) is 3.58. The fourth-order valence-electron chi connectivity index (χ4n) is 1.50. The Morgan fingerprint density at radius 3 is 2.20 bits per heavy atom. The summed E-state index contributed by atoms with van der Waals surface area (Å²) in [6, 6.07) is 3.55. The first-order valence-corrected chi connectivity index (χ1v) is 4.67. The van der Waals surface area contributed by atoms with E-state index < -0.39 is 0 Å². The Labute approximate surface area is 87.6 Å². The van der Waals surface area contributed by atoms with E-state index in [4.69, 9.17) is 4.52 Å². The van der Waals surface area contributed by atoms with Crippen molar-refractivity contribution < 1.29 is 9.63 Å². The third-order valence-corrected chi connectivity index (χ3v) is 2.25. The molecule has 1 aromatic carbocycles. The highest BCUT2D eigenvalue weighted by molar-refractivity contribution is 5.60. The molecule has 0 fully saturated rings. The lowest BCUT2D eigenvalue weighted by atomic mass is 10.1. The predicted molar refractivity (Wildman–Crippen MR) is 54.1 cm³/mol. The number of hydrogen-bond donors (Lipinski definition) is 0. The summed E-state index contributed by atoms with van der Waals surface area (Å²) in [4.78, 5) is 4.11. The minimum Gasteiger partial charge on any atom is -0.339 e. The third kappa shape index (κ3) is 1.70. The van der Waals surface area contributed by atoms with Crippen LogP contribution in [-0.2, 0) is 5.11 Å². The smallest absolute Gasteiger partial charge is 0.223 e. The van der Waals surface area contributed by atoms with E-state index in [1.807, 2.05) is 0 Å². The van der Waals surface area contributed by atoms with Gasteiger partial charge in [-0.05, 0) is 37.1 Å². The SMILES string of the molecule is Cc1nc(-c2cc(C)c([O])c(C)c2)no1. The monoisotopic (exact) mass is 203 g/mol. The molecule has 0 saturated heterocycles. The largest absolute Gasteiger partial charge is 0.339 e. The fourth-order valence-corrected chi connectivity index (χ4v) is 1.50. The van der Waals surface area contributed by atoms with E-state index in [9.17, 15) is 5.11 Å². The average molecular weight is 203 g/mol. The summed E-state index contributed by atoms with van der Waals surface area (Å²) < 4.78 is 4.89. The van der Waals surface area contributed by atoms with Crippen molar-refractivity contribution in [2.75, 3.05) is 0 Å². The zero-order chi connectivity index (χ0) is 11.0. The van der Waals surface area contributed by atoms with Gasteiger partial charge in [0.25, 0.3) is 0 Å². The van der Waals surface area contributed by atoms with E-state index in [0.29, 0.717) is 22.8 Å². The van der Waals surface area contributed by atoms with E-state index in [1.165, 1.54) is 0 Å². The molecule has 15 heavy (non-hydrogen) atoms. The highest BCUT2D eigenvalue weighted by atomic mass is 16.5. The van der Waals surface area contributed by atoms with Gasteiger partial charge in [-0.1, -0.05) is 5.16 Å². The topological polar surface area (TPSA) is 58.8 Å². The van der Waals surface area contributed by atoms with Crippen LogP contribution in [0.4, 0.5) is 0 Å². The van der Waals surface area contributed by atoms with E-state index >= 15 is 0 Å². The van der Waals surface area contributed by atoms with Crippen LogP contribution in [0.2, 0.25) is 0 Å². The lowest BCUT2D eigenvalue weighted by Crippen LogP contribution is -1.85. The normalized spacial score (nSPS) is 10.6. The molecule has 0 bridgehead atoms. The van der Waals surface area contributed by atoms with Gasteiger partial charge < -0.3 is 4.52 Å². The van der Waals surface area contributed by atoms with Crippen molar-refractivity contribution in [3.05, 3.63) is 29.2 Å². The predicted octanol–water partition coefficient (Wildman–Crippen LogP) is 2.81. The third-order valence-electron chi connectivity index (χ3n) is 2.25. The van der Waals surface area contributed by atoms with Crippen molar-refractivity contribution in [2.24, 2.45) is 0 Å². The summed E-state index contributed by atoms with van der Waals surface area (Å²) >= 11 is 0. The van der Waals surface area contributed by atoms with E-state index in [1.54, 1.807) is 32.9 Å². The highest BCUT2D eigenvalue weighted by Gasteiger charge is 2.10. The van der Waals surface area contributed by atoms with E-state index in [-0.39, 0.29) is 5.75 Å². The highest BCUT2D eigenvalue weighted by Crippen LogP contribution is 2.27. The standard InChI is InChI=1S/C11H11N2O2/c1-6-4-9(5-7(2)10(6)14)11-12-8(3)15-13-11/h4-5H,1-3H3. The maximum Gasteiger partial charge on any atom is 0.223 e. The zero-order valence-electron chi connectivity index (χ0n) is 8.87. The number of hydrogen-bond acceptors (Lipinski definition) is 3. The molecule has 77 valence electrons. The molecule has 0 aliphatic carbocycles. The zero-order valence-corrected chi connectivity index (χ0v) is 8.87. The summed E-state index contributed by atoms with van der Waals surface area (Å²) in [5.41, 5.74) is 2.22. The van der Waals surface area contributed by atoms with Crippen LogP contribution in [0.1, 0.15) is 17.0 Å². The van der Waals surface area contributed by atoms with Crippen LogP contribution < -0.4 is 0 Å². The van der Waals surface area contributed by atoms with Gasteiger partial charge in [-0.3, -0.25) is 5.11 Å². The lowest BCUT2D eigenvalue weighted by Gasteiger charge is -2.02. The Hall–Kier alpha value is -1.84. The first-order chi connectivity index (χ1) is 7.08. The van der Waals surface area contributed by atoms with Gasteiger partial charge in [0.2, 0.25) is 11.7 Å². The van der Waals surface area contributed by atoms with Gasteiger partial charge in [0.1, 0.15) is 0 Å². The molecule has 1 heterocycles. The van der Waals surface area contributed by atoms with Gasteiger partial charge in [0.15, 0.2) is 5.75 Å². The molecule has 2 aromatic rings. The minimum absolute atomic E-state index is 0.0685.